The summed E-state index contributed by atoms with van der Waals surface area (Å²) in [5.41, 5.74) is 6.73. The highest BCUT2D eigenvalue weighted by atomic mass is 32.2. The average molecular weight is 372 g/mol. The Labute approximate surface area is 154 Å². The molecule has 136 valence electrons. The van der Waals surface area contributed by atoms with E-state index >= 15 is 0 Å². The number of aryl methyl sites for hydroxylation is 2. The summed E-state index contributed by atoms with van der Waals surface area (Å²) in [6, 6.07) is 5.55. The molecule has 1 aromatic carbocycles. The SMILES string of the molecule is CCn1c(CCC(N)=O)nnc1SCc1nc2c(C)cccc2c(=O)[nH]1. The summed E-state index contributed by atoms with van der Waals surface area (Å²) in [7, 11) is 0. The predicted molar refractivity (Wildman–Crippen MR) is 99.9 cm³/mol. The van der Waals surface area contributed by atoms with Crippen LogP contribution in [0.4, 0.5) is 0 Å². The smallest absolute Gasteiger partial charge is 0.258 e. The lowest BCUT2D eigenvalue weighted by molar-refractivity contribution is -0.118. The van der Waals surface area contributed by atoms with Crippen LogP contribution in [0.2, 0.25) is 0 Å². The number of amides is 1. The minimum Gasteiger partial charge on any atom is -0.370 e. The van der Waals surface area contributed by atoms with Crippen molar-refractivity contribution in [1.29, 1.82) is 0 Å². The molecule has 0 aliphatic heterocycles. The predicted octanol–water partition coefficient (Wildman–Crippen LogP) is 1.55. The Hall–Kier alpha value is -2.68. The quantitative estimate of drug-likeness (QED) is 0.607. The van der Waals surface area contributed by atoms with Crippen molar-refractivity contribution < 1.29 is 4.79 Å². The van der Waals surface area contributed by atoms with Crippen LogP contribution in [0.1, 0.15) is 30.6 Å². The van der Waals surface area contributed by atoms with Gasteiger partial charge in [-0.1, -0.05) is 23.9 Å². The Morgan fingerprint density at radius 1 is 1.35 bits per heavy atom. The largest absolute Gasteiger partial charge is 0.370 e. The van der Waals surface area contributed by atoms with E-state index in [1.165, 1.54) is 11.8 Å². The average Bonchev–Trinajstić information content (AvgIpc) is 3.01. The Bertz CT molecular complexity index is 1010. The molecule has 0 radical (unpaired) electrons. The Balaban J connectivity index is 1.81. The van der Waals surface area contributed by atoms with Gasteiger partial charge in [-0.25, -0.2) is 4.98 Å². The zero-order valence-corrected chi connectivity index (χ0v) is 15.5. The molecule has 0 saturated carbocycles. The summed E-state index contributed by atoms with van der Waals surface area (Å²) in [6.07, 6.45) is 0.697. The number of carbonyl (C=O) groups excluding carboxylic acids is 1. The van der Waals surface area contributed by atoms with E-state index in [4.69, 9.17) is 5.73 Å². The Kier molecular flexibility index (Phi) is 5.36. The number of nitrogens with one attached hydrogen (secondary N) is 1. The second kappa shape index (κ2) is 7.69. The van der Waals surface area contributed by atoms with Gasteiger partial charge in [0.05, 0.1) is 16.7 Å². The maximum atomic E-state index is 12.3. The van der Waals surface area contributed by atoms with Crippen molar-refractivity contribution in [2.45, 2.75) is 44.1 Å². The van der Waals surface area contributed by atoms with E-state index in [0.29, 0.717) is 35.4 Å². The van der Waals surface area contributed by atoms with E-state index in [-0.39, 0.29) is 17.9 Å². The van der Waals surface area contributed by atoms with Crippen LogP contribution in [-0.4, -0.2) is 30.6 Å². The first-order chi connectivity index (χ1) is 12.5. The summed E-state index contributed by atoms with van der Waals surface area (Å²) >= 11 is 1.44. The molecule has 0 aliphatic carbocycles. The number of aromatic amines is 1. The van der Waals surface area contributed by atoms with Crippen LogP contribution in [0.15, 0.2) is 28.2 Å². The number of primary amides is 1. The number of para-hydroxylation sites is 1. The molecule has 0 bridgehead atoms. The molecular weight excluding hydrogens is 352 g/mol. The van der Waals surface area contributed by atoms with Crippen molar-refractivity contribution in [2.24, 2.45) is 5.73 Å². The lowest BCUT2D eigenvalue weighted by atomic mass is 10.1. The third-order valence-corrected chi connectivity index (χ3v) is 5.01. The van der Waals surface area contributed by atoms with Gasteiger partial charge in [0.1, 0.15) is 11.6 Å². The maximum absolute atomic E-state index is 12.3. The van der Waals surface area contributed by atoms with Gasteiger partial charge in [0.25, 0.3) is 5.56 Å². The Morgan fingerprint density at radius 2 is 2.15 bits per heavy atom. The first-order valence-electron chi connectivity index (χ1n) is 8.31. The minimum atomic E-state index is -0.363. The fraction of sp³-hybridized carbons (Fsp3) is 0.353. The molecule has 3 aromatic rings. The van der Waals surface area contributed by atoms with Crippen LogP contribution in [0.5, 0.6) is 0 Å². The molecule has 0 unspecified atom stereocenters. The van der Waals surface area contributed by atoms with Crippen molar-refractivity contribution in [1.82, 2.24) is 24.7 Å². The summed E-state index contributed by atoms with van der Waals surface area (Å²) in [6.45, 7) is 4.61. The number of nitrogens with two attached hydrogens (primary N) is 1. The highest BCUT2D eigenvalue weighted by Gasteiger charge is 2.13. The number of aromatic nitrogens is 5. The van der Waals surface area contributed by atoms with Crippen molar-refractivity contribution in [3.8, 4) is 0 Å². The van der Waals surface area contributed by atoms with Gasteiger partial charge >= 0.3 is 0 Å². The summed E-state index contributed by atoms with van der Waals surface area (Å²) in [4.78, 5) is 30.6. The molecular formula is C17H20N6O2S. The Morgan fingerprint density at radius 3 is 2.88 bits per heavy atom. The molecule has 3 rings (SSSR count). The number of hydrogen-bond acceptors (Lipinski definition) is 6. The third kappa shape index (κ3) is 3.77. The third-order valence-electron chi connectivity index (χ3n) is 4.03. The van der Waals surface area contributed by atoms with Gasteiger partial charge in [-0.15, -0.1) is 10.2 Å². The van der Waals surface area contributed by atoms with Crippen molar-refractivity contribution in [3.63, 3.8) is 0 Å². The van der Waals surface area contributed by atoms with E-state index in [1.807, 2.05) is 30.5 Å². The van der Waals surface area contributed by atoms with Crippen LogP contribution < -0.4 is 11.3 Å². The molecule has 8 nitrogen and oxygen atoms in total. The van der Waals surface area contributed by atoms with Gasteiger partial charge in [-0.3, -0.25) is 9.59 Å². The number of fused-ring (bicyclic) bond motifs is 1. The molecule has 0 saturated heterocycles. The molecule has 0 aliphatic rings. The van der Waals surface area contributed by atoms with Gasteiger partial charge in [0, 0.05) is 19.4 Å². The molecule has 1 amide bonds. The molecule has 2 aromatic heterocycles. The highest BCUT2D eigenvalue weighted by Crippen LogP contribution is 2.22. The monoisotopic (exact) mass is 372 g/mol. The van der Waals surface area contributed by atoms with E-state index in [1.54, 1.807) is 6.07 Å². The van der Waals surface area contributed by atoms with Gasteiger partial charge in [-0.05, 0) is 25.5 Å². The number of thioether (sulfide) groups is 1. The fourth-order valence-electron chi connectivity index (χ4n) is 2.72. The molecule has 26 heavy (non-hydrogen) atoms. The minimum absolute atomic E-state index is 0.145. The second-order valence-corrected chi connectivity index (χ2v) is 6.82. The summed E-state index contributed by atoms with van der Waals surface area (Å²) in [5, 5.41) is 9.64. The lowest BCUT2D eigenvalue weighted by Gasteiger charge is -2.07. The van der Waals surface area contributed by atoms with Gasteiger partial charge < -0.3 is 15.3 Å². The topological polar surface area (TPSA) is 120 Å². The zero-order chi connectivity index (χ0) is 18.7. The fourth-order valence-corrected chi connectivity index (χ4v) is 3.61. The highest BCUT2D eigenvalue weighted by molar-refractivity contribution is 7.98. The van der Waals surface area contributed by atoms with E-state index < -0.39 is 0 Å². The zero-order valence-electron chi connectivity index (χ0n) is 14.7. The first kappa shape index (κ1) is 18.1. The molecule has 9 heteroatoms. The van der Waals surface area contributed by atoms with Gasteiger partial charge in [-0.2, -0.15) is 0 Å². The van der Waals surface area contributed by atoms with Crippen LogP contribution in [-0.2, 0) is 23.5 Å². The lowest BCUT2D eigenvalue weighted by Crippen LogP contribution is -2.13. The maximum Gasteiger partial charge on any atom is 0.258 e. The number of rotatable bonds is 7. The van der Waals surface area contributed by atoms with Gasteiger partial charge in [0.2, 0.25) is 5.91 Å². The van der Waals surface area contributed by atoms with Crippen molar-refractivity contribution >= 4 is 28.6 Å². The van der Waals surface area contributed by atoms with Crippen LogP contribution >= 0.6 is 11.8 Å². The van der Waals surface area contributed by atoms with Crippen LogP contribution in [0, 0.1) is 6.92 Å². The molecule has 3 N–H and O–H groups in total. The van der Waals surface area contributed by atoms with Crippen molar-refractivity contribution in [2.75, 3.05) is 0 Å². The summed E-state index contributed by atoms with van der Waals surface area (Å²) in [5.74, 6) is 1.42. The molecule has 0 spiro atoms. The van der Waals surface area contributed by atoms with Gasteiger partial charge in [0.15, 0.2) is 5.16 Å². The van der Waals surface area contributed by atoms with E-state index in [9.17, 15) is 9.59 Å². The van der Waals surface area contributed by atoms with Crippen LogP contribution in [0.25, 0.3) is 10.9 Å². The standard InChI is InChI=1S/C17H20N6O2S/c1-3-23-14(8-7-12(18)24)21-22-17(23)26-9-13-19-15-10(2)5-4-6-11(15)16(25)20-13/h4-6H,3,7-9H2,1-2H3,(H2,18,24)(H,19,20,25). The first-order valence-corrected chi connectivity index (χ1v) is 9.29. The number of benzene rings is 1. The number of carbonyl (C=O) groups is 1. The summed E-state index contributed by atoms with van der Waals surface area (Å²) < 4.78 is 1.94. The van der Waals surface area contributed by atoms with E-state index in [2.05, 4.69) is 20.2 Å². The normalized spacial score (nSPS) is 11.2. The molecule has 0 atom stereocenters. The molecule has 0 fully saturated rings. The van der Waals surface area contributed by atoms with Crippen LogP contribution in [0.3, 0.4) is 0 Å². The molecule has 2 heterocycles. The van der Waals surface area contributed by atoms with E-state index in [0.717, 1.165) is 16.5 Å². The second-order valence-electron chi connectivity index (χ2n) is 5.88. The van der Waals surface area contributed by atoms with Crippen molar-refractivity contribution in [3.05, 3.63) is 45.8 Å². The number of nitrogens with zero attached hydrogens (tertiary/aromatic N) is 4. The number of hydrogen-bond donors (Lipinski definition) is 2. The number of H-pyrrole nitrogens is 1.